The summed E-state index contributed by atoms with van der Waals surface area (Å²) in [5.74, 6) is 0. The summed E-state index contributed by atoms with van der Waals surface area (Å²) in [6, 6.07) is 13.0. The van der Waals surface area contributed by atoms with Gasteiger partial charge in [-0.25, -0.2) is 0 Å². The number of halogens is 1. The van der Waals surface area contributed by atoms with Gasteiger partial charge in [0, 0.05) is 23.7 Å². The van der Waals surface area contributed by atoms with E-state index in [4.69, 9.17) is 5.73 Å². The van der Waals surface area contributed by atoms with Crippen LogP contribution in [-0.2, 0) is 0 Å². The number of thiophene rings is 1. The summed E-state index contributed by atoms with van der Waals surface area (Å²) >= 11 is 5.29. The van der Waals surface area contributed by atoms with Crippen molar-refractivity contribution in [3.8, 4) is 0 Å². The Labute approximate surface area is 127 Å². The molecule has 2 nitrogen and oxygen atoms in total. The summed E-state index contributed by atoms with van der Waals surface area (Å²) in [7, 11) is 0. The highest BCUT2D eigenvalue weighted by atomic mass is 79.9. The Morgan fingerprint density at radius 3 is 2.53 bits per heavy atom. The molecule has 0 saturated heterocycles. The molecule has 1 atom stereocenters. The molecule has 0 radical (unpaired) electrons. The molecule has 0 aliphatic heterocycles. The van der Waals surface area contributed by atoms with Crippen molar-refractivity contribution in [2.45, 2.75) is 19.9 Å². The lowest BCUT2D eigenvalue weighted by Crippen LogP contribution is -2.33. The fraction of sp³-hybridized carbons (Fsp3) is 0.333. The van der Waals surface area contributed by atoms with E-state index in [2.05, 4.69) is 71.1 Å². The van der Waals surface area contributed by atoms with Crippen LogP contribution in [0.2, 0.25) is 0 Å². The molecule has 0 aliphatic carbocycles. The van der Waals surface area contributed by atoms with E-state index in [-0.39, 0.29) is 6.04 Å². The monoisotopic (exact) mass is 338 g/mol. The van der Waals surface area contributed by atoms with Gasteiger partial charge in [0.25, 0.3) is 0 Å². The molecule has 0 aliphatic rings. The highest BCUT2D eigenvalue weighted by Gasteiger charge is 2.20. The van der Waals surface area contributed by atoms with Crippen molar-refractivity contribution in [1.29, 1.82) is 0 Å². The van der Waals surface area contributed by atoms with Crippen LogP contribution in [0.1, 0.15) is 23.4 Å². The minimum Gasteiger partial charge on any atom is -0.362 e. The van der Waals surface area contributed by atoms with Crippen LogP contribution in [0.3, 0.4) is 0 Å². The molecule has 0 fully saturated rings. The Balaban J connectivity index is 2.37. The molecule has 2 N–H and O–H groups in total. The molecule has 2 rings (SSSR count). The average molecular weight is 339 g/mol. The van der Waals surface area contributed by atoms with Gasteiger partial charge in [0.05, 0.1) is 9.83 Å². The second kappa shape index (κ2) is 6.55. The first kappa shape index (κ1) is 14.6. The largest absolute Gasteiger partial charge is 0.362 e. The van der Waals surface area contributed by atoms with Gasteiger partial charge in [-0.1, -0.05) is 18.2 Å². The van der Waals surface area contributed by atoms with Gasteiger partial charge in [0.2, 0.25) is 0 Å². The van der Waals surface area contributed by atoms with E-state index in [1.807, 2.05) is 0 Å². The van der Waals surface area contributed by atoms with Gasteiger partial charge in [-0.15, -0.1) is 11.3 Å². The highest BCUT2D eigenvalue weighted by molar-refractivity contribution is 9.11. The first-order chi connectivity index (χ1) is 9.17. The third-order valence-corrected chi connectivity index (χ3v) is 5.01. The zero-order valence-corrected chi connectivity index (χ0v) is 13.7. The second-order valence-electron chi connectivity index (χ2n) is 4.47. The SMILES string of the molecule is CCN(c1ccccc1C)C(CN)c1ccc(Br)s1. The van der Waals surface area contributed by atoms with Crippen LogP contribution < -0.4 is 10.6 Å². The molecule has 102 valence electrons. The number of aryl methyl sites for hydroxylation is 1. The molecule has 0 saturated carbocycles. The fourth-order valence-corrected chi connectivity index (χ4v) is 3.90. The number of hydrogen-bond donors (Lipinski definition) is 1. The Morgan fingerprint density at radius 2 is 2.00 bits per heavy atom. The maximum atomic E-state index is 6.03. The van der Waals surface area contributed by atoms with Crippen LogP contribution in [0, 0.1) is 6.92 Å². The molecule has 0 spiro atoms. The van der Waals surface area contributed by atoms with Crippen molar-refractivity contribution in [3.63, 3.8) is 0 Å². The van der Waals surface area contributed by atoms with Gasteiger partial charge in [0.15, 0.2) is 0 Å². The summed E-state index contributed by atoms with van der Waals surface area (Å²) in [6.45, 7) is 5.89. The summed E-state index contributed by atoms with van der Waals surface area (Å²) < 4.78 is 1.15. The minimum absolute atomic E-state index is 0.238. The third kappa shape index (κ3) is 3.19. The van der Waals surface area contributed by atoms with Crippen molar-refractivity contribution in [2.24, 2.45) is 5.73 Å². The quantitative estimate of drug-likeness (QED) is 0.878. The van der Waals surface area contributed by atoms with E-state index in [9.17, 15) is 0 Å². The van der Waals surface area contributed by atoms with E-state index in [0.717, 1.165) is 10.3 Å². The molecule has 1 heterocycles. The maximum Gasteiger partial charge on any atom is 0.0757 e. The normalized spacial score (nSPS) is 12.4. The molecule has 1 aromatic heterocycles. The lowest BCUT2D eigenvalue weighted by atomic mass is 10.1. The molecular weight excluding hydrogens is 320 g/mol. The smallest absolute Gasteiger partial charge is 0.0757 e. The van der Waals surface area contributed by atoms with Gasteiger partial charge >= 0.3 is 0 Å². The highest BCUT2D eigenvalue weighted by Crippen LogP contribution is 2.34. The van der Waals surface area contributed by atoms with Crippen molar-refractivity contribution < 1.29 is 0 Å². The van der Waals surface area contributed by atoms with Crippen molar-refractivity contribution in [1.82, 2.24) is 0 Å². The third-order valence-electron chi connectivity index (χ3n) is 3.29. The van der Waals surface area contributed by atoms with Crippen molar-refractivity contribution >= 4 is 33.0 Å². The average Bonchev–Trinajstić information content (AvgIpc) is 2.83. The van der Waals surface area contributed by atoms with Gasteiger partial charge in [0.1, 0.15) is 0 Å². The lowest BCUT2D eigenvalue weighted by molar-refractivity contribution is 0.652. The van der Waals surface area contributed by atoms with Crippen molar-refractivity contribution in [3.05, 3.63) is 50.6 Å². The Morgan fingerprint density at radius 1 is 1.26 bits per heavy atom. The molecule has 1 aromatic carbocycles. The van der Waals surface area contributed by atoms with E-state index < -0.39 is 0 Å². The lowest BCUT2D eigenvalue weighted by Gasteiger charge is -2.32. The summed E-state index contributed by atoms with van der Waals surface area (Å²) in [5, 5.41) is 0. The molecule has 0 amide bonds. The standard InChI is InChI=1S/C15H19BrN2S/c1-3-18(12-7-5-4-6-11(12)2)13(10-17)14-8-9-15(16)19-14/h4-9,13H,3,10,17H2,1-2H3. The first-order valence-corrected chi connectivity index (χ1v) is 8.06. The zero-order chi connectivity index (χ0) is 13.8. The Bertz CT molecular complexity index is 538. The number of anilines is 1. The van der Waals surface area contributed by atoms with Crippen LogP contribution in [0.4, 0.5) is 5.69 Å². The molecule has 0 bridgehead atoms. The number of likely N-dealkylation sites (N-methyl/N-ethyl adjacent to an activating group) is 1. The van der Waals surface area contributed by atoms with E-state index in [1.54, 1.807) is 11.3 Å². The topological polar surface area (TPSA) is 29.3 Å². The zero-order valence-electron chi connectivity index (χ0n) is 11.3. The van der Waals surface area contributed by atoms with Crippen LogP contribution in [0.25, 0.3) is 0 Å². The number of hydrogen-bond acceptors (Lipinski definition) is 3. The van der Waals surface area contributed by atoms with Gasteiger partial charge in [-0.05, 0) is 53.5 Å². The molecular formula is C15H19BrN2S. The molecule has 2 aromatic rings. The van der Waals surface area contributed by atoms with Crippen molar-refractivity contribution in [2.75, 3.05) is 18.0 Å². The number of benzene rings is 1. The number of nitrogens with two attached hydrogens (primary N) is 1. The first-order valence-electron chi connectivity index (χ1n) is 6.45. The predicted octanol–water partition coefficient (Wildman–Crippen LogP) is 4.35. The Hall–Kier alpha value is -0.840. The molecule has 1 unspecified atom stereocenters. The van der Waals surface area contributed by atoms with Crippen LogP contribution in [0.5, 0.6) is 0 Å². The predicted molar refractivity (Wildman–Crippen MR) is 88.0 cm³/mol. The molecule has 4 heteroatoms. The van der Waals surface area contributed by atoms with E-state index in [1.165, 1.54) is 16.1 Å². The summed E-state index contributed by atoms with van der Waals surface area (Å²) in [4.78, 5) is 3.69. The summed E-state index contributed by atoms with van der Waals surface area (Å²) in [5.41, 5.74) is 8.59. The fourth-order valence-electron chi connectivity index (χ4n) is 2.35. The van der Waals surface area contributed by atoms with E-state index >= 15 is 0 Å². The minimum atomic E-state index is 0.238. The molecule has 19 heavy (non-hydrogen) atoms. The van der Waals surface area contributed by atoms with E-state index in [0.29, 0.717) is 6.54 Å². The Kier molecular flexibility index (Phi) is 5.02. The van der Waals surface area contributed by atoms with Crippen LogP contribution in [-0.4, -0.2) is 13.1 Å². The van der Waals surface area contributed by atoms with Gasteiger partial charge < -0.3 is 10.6 Å². The maximum absolute atomic E-state index is 6.03. The van der Waals surface area contributed by atoms with Gasteiger partial charge in [-0.2, -0.15) is 0 Å². The van der Waals surface area contributed by atoms with Crippen LogP contribution in [0.15, 0.2) is 40.2 Å². The van der Waals surface area contributed by atoms with Crippen LogP contribution >= 0.6 is 27.3 Å². The number of nitrogens with zero attached hydrogens (tertiary/aromatic N) is 1. The number of rotatable bonds is 5. The summed E-state index contributed by atoms with van der Waals surface area (Å²) in [6.07, 6.45) is 0. The number of para-hydroxylation sites is 1. The van der Waals surface area contributed by atoms with Gasteiger partial charge in [-0.3, -0.25) is 0 Å². The second-order valence-corrected chi connectivity index (χ2v) is 6.96.